The Morgan fingerprint density at radius 3 is 2.68 bits per heavy atom. The average Bonchev–Trinajstić information content (AvgIpc) is 2.36. The van der Waals surface area contributed by atoms with Crippen LogP contribution in [0.2, 0.25) is 0 Å². The van der Waals surface area contributed by atoms with Crippen molar-refractivity contribution in [1.82, 2.24) is 15.6 Å². The summed E-state index contributed by atoms with van der Waals surface area (Å²) >= 11 is 0. The molecule has 0 saturated heterocycles. The summed E-state index contributed by atoms with van der Waals surface area (Å²) in [5, 5.41) is 14.4. The predicted octanol–water partition coefficient (Wildman–Crippen LogP) is 1.14. The highest BCUT2D eigenvalue weighted by molar-refractivity contribution is 5.78. The minimum atomic E-state index is -0.827. The highest BCUT2D eigenvalue weighted by Gasteiger charge is 2.44. The number of nitrogens with one attached hydrogen (secondary N) is 2. The third kappa shape index (κ3) is 3.21. The maximum atomic E-state index is 11.6. The molecule has 2 amide bonds. The van der Waals surface area contributed by atoms with E-state index in [2.05, 4.69) is 15.6 Å². The number of aliphatic carboxylic acids is 1. The lowest BCUT2D eigenvalue weighted by Crippen LogP contribution is -2.49. The number of nitrogens with zero attached hydrogens (tertiary/aromatic N) is 1. The van der Waals surface area contributed by atoms with E-state index in [9.17, 15) is 9.59 Å². The first-order chi connectivity index (χ1) is 9.12. The molecule has 1 aromatic rings. The van der Waals surface area contributed by atoms with Gasteiger partial charge in [0.05, 0.1) is 5.41 Å². The van der Waals surface area contributed by atoms with Crippen LogP contribution in [0.5, 0.6) is 0 Å². The van der Waals surface area contributed by atoms with Crippen molar-refractivity contribution in [3.05, 3.63) is 30.1 Å². The molecule has 0 spiro atoms. The monoisotopic (exact) mass is 263 g/mol. The van der Waals surface area contributed by atoms with E-state index in [4.69, 9.17) is 5.11 Å². The quantitative estimate of drug-likeness (QED) is 0.742. The Morgan fingerprint density at radius 2 is 2.16 bits per heavy atom. The molecule has 6 nitrogen and oxygen atoms in total. The first-order valence-corrected chi connectivity index (χ1v) is 6.26. The average molecular weight is 263 g/mol. The number of carboxylic acids is 1. The largest absolute Gasteiger partial charge is 0.481 e. The lowest BCUT2D eigenvalue weighted by atomic mass is 9.69. The Morgan fingerprint density at radius 1 is 1.37 bits per heavy atom. The molecule has 1 saturated carbocycles. The second kappa shape index (κ2) is 5.69. The molecule has 0 aromatic carbocycles. The number of urea groups is 1. The van der Waals surface area contributed by atoms with E-state index in [1.54, 1.807) is 18.5 Å². The zero-order valence-corrected chi connectivity index (χ0v) is 10.6. The molecule has 1 fully saturated rings. The third-order valence-corrected chi connectivity index (χ3v) is 3.53. The van der Waals surface area contributed by atoms with Crippen molar-refractivity contribution in [3.63, 3.8) is 0 Å². The van der Waals surface area contributed by atoms with Crippen LogP contribution in [-0.2, 0) is 11.3 Å². The minimum Gasteiger partial charge on any atom is -0.481 e. The van der Waals surface area contributed by atoms with Crippen molar-refractivity contribution < 1.29 is 14.7 Å². The van der Waals surface area contributed by atoms with Crippen molar-refractivity contribution in [2.24, 2.45) is 5.41 Å². The fourth-order valence-corrected chi connectivity index (χ4v) is 2.07. The second-order valence-electron chi connectivity index (χ2n) is 4.84. The third-order valence-electron chi connectivity index (χ3n) is 3.53. The molecular formula is C13H17N3O3. The Labute approximate surface area is 111 Å². The van der Waals surface area contributed by atoms with E-state index in [1.165, 1.54) is 0 Å². The Hall–Kier alpha value is -2.11. The summed E-state index contributed by atoms with van der Waals surface area (Å²) < 4.78 is 0. The Balaban J connectivity index is 1.74. The second-order valence-corrected chi connectivity index (χ2v) is 4.84. The van der Waals surface area contributed by atoms with Crippen molar-refractivity contribution >= 4 is 12.0 Å². The number of carbonyl (C=O) groups excluding carboxylic acids is 1. The van der Waals surface area contributed by atoms with Crippen LogP contribution >= 0.6 is 0 Å². The van der Waals surface area contributed by atoms with Crippen molar-refractivity contribution in [2.75, 3.05) is 6.54 Å². The maximum absolute atomic E-state index is 11.6. The summed E-state index contributed by atoms with van der Waals surface area (Å²) in [6.45, 7) is 0.556. The molecule has 1 heterocycles. The van der Waals surface area contributed by atoms with E-state index in [0.29, 0.717) is 19.4 Å². The normalized spacial score (nSPS) is 16.2. The van der Waals surface area contributed by atoms with Crippen molar-refractivity contribution in [2.45, 2.75) is 25.8 Å². The Kier molecular flexibility index (Phi) is 3.99. The minimum absolute atomic E-state index is 0.182. The van der Waals surface area contributed by atoms with Crippen LogP contribution < -0.4 is 10.6 Å². The van der Waals surface area contributed by atoms with Crippen LogP contribution in [0.4, 0.5) is 4.79 Å². The molecular weight excluding hydrogens is 246 g/mol. The number of rotatable bonds is 5. The molecule has 0 bridgehead atoms. The van der Waals surface area contributed by atoms with Crippen molar-refractivity contribution in [3.8, 4) is 0 Å². The SMILES string of the molecule is O=C(NCc1cccnc1)NCC1(C(=O)O)CCC1. The van der Waals surface area contributed by atoms with Gasteiger partial charge in [-0.3, -0.25) is 9.78 Å². The fourth-order valence-electron chi connectivity index (χ4n) is 2.07. The molecule has 1 aromatic heterocycles. The molecule has 0 unspecified atom stereocenters. The first kappa shape index (κ1) is 13.3. The molecule has 0 radical (unpaired) electrons. The molecule has 0 aliphatic heterocycles. The Bertz CT molecular complexity index is 457. The van der Waals surface area contributed by atoms with Gasteiger partial charge >= 0.3 is 12.0 Å². The zero-order valence-electron chi connectivity index (χ0n) is 10.6. The fraction of sp³-hybridized carbons (Fsp3) is 0.462. The van der Waals surface area contributed by atoms with Crippen LogP contribution in [0, 0.1) is 5.41 Å². The van der Waals surface area contributed by atoms with Crippen molar-refractivity contribution in [1.29, 1.82) is 0 Å². The zero-order chi connectivity index (χ0) is 13.7. The maximum Gasteiger partial charge on any atom is 0.315 e. The summed E-state index contributed by atoms with van der Waals surface area (Å²) in [5.41, 5.74) is 0.139. The summed E-state index contributed by atoms with van der Waals surface area (Å²) in [7, 11) is 0. The number of hydrogen-bond donors (Lipinski definition) is 3. The lowest BCUT2D eigenvalue weighted by molar-refractivity contribution is -0.153. The number of carboxylic acid groups (broad SMARTS) is 1. The van der Waals surface area contributed by atoms with Gasteiger partial charge in [-0.25, -0.2) is 4.79 Å². The van der Waals surface area contributed by atoms with E-state index in [0.717, 1.165) is 12.0 Å². The molecule has 1 aliphatic rings. The van der Waals surface area contributed by atoms with E-state index >= 15 is 0 Å². The predicted molar refractivity (Wildman–Crippen MR) is 68.4 cm³/mol. The standard InChI is InChI=1S/C13H17N3O3/c17-11(18)13(4-2-5-13)9-16-12(19)15-8-10-3-1-6-14-7-10/h1,3,6-7H,2,4-5,8-9H2,(H,17,18)(H2,15,16,19). The molecule has 102 valence electrons. The van der Waals surface area contributed by atoms with Gasteiger partial charge in [-0.1, -0.05) is 12.5 Å². The highest BCUT2D eigenvalue weighted by atomic mass is 16.4. The molecule has 3 N–H and O–H groups in total. The van der Waals surface area contributed by atoms with E-state index in [1.807, 2.05) is 6.07 Å². The van der Waals surface area contributed by atoms with Crippen LogP contribution in [0.1, 0.15) is 24.8 Å². The van der Waals surface area contributed by atoms with Gasteiger partial charge < -0.3 is 15.7 Å². The van der Waals surface area contributed by atoms with Gasteiger partial charge in [-0.15, -0.1) is 0 Å². The van der Waals surface area contributed by atoms with Gasteiger partial charge in [0.25, 0.3) is 0 Å². The summed E-state index contributed by atoms with van der Waals surface area (Å²) in [4.78, 5) is 26.6. The smallest absolute Gasteiger partial charge is 0.315 e. The van der Waals surface area contributed by atoms with Crippen LogP contribution in [0.3, 0.4) is 0 Å². The van der Waals surface area contributed by atoms with E-state index in [-0.39, 0.29) is 12.6 Å². The van der Waals surface area contributed by atoms with Crippen LogP contribution in [-0.4, -0.2) is 28.6 Å². The summed E-state index contributed by atoms with van der Waals surface area (Å²) in [6.07, 6.45) is 5.50. The lowest BCUT2D eigenvalue weighted by Gasteiger charge is -2.37. The van der Waals surface area contributed by atoms with Crippen LogP contribution in [0.15, 0.2) is 24.5 Å². The van der Waals surface area contributed by atoms with Gasteiger partial charge in [-0.2, -0.15) is 0 Å². The molecule has 0 atom stereocenters. The summed E-state index contributed by atoms with van der Waals surface area (Å²) in [6, 6.07) is 3.30. The number of carbonyl (C=O) groups is 2. The number of amides is 2. The molecule has 2 rings (SSSR count). The number of hydrogen-bond acceptors (Lipinski definition) is 3. The highest BCUT2D eigenvalue weighted by Crippen LogP contribution is 2.40. The number of aromatic nitrogens is 1. The molecule has 6 heteroatoms. The van der Waals surface area contributed by atoms with Gasteiger partial charge in [0, 0.05) is 25.5 Å². The van der Waals surface area contributed by atoms with Gasteiger partial charge in [0.2, 0.25) is 0 Å². The number of pyridine rings is 1. The first-order valence-electron chi connectivity index (χ1n) is 6.26. The van der Waals surface area contributed by atoms with E-state index < -0.39 is 11.4 Å². The van der Waals surface area contributed by atoms with Gasteiger partial charge in [0.15, 0.2) is 0 Å². The molecule has 19 heavy (non-hydrogen) atoms. The topological polar surface area (TPSA) is 91.3 Å². The summed E-state index contributed by atoms with van der Waals surface area (Å²) in [5.74, 6) is -0.827. The van der Waals surface area contributed by atoms with Gasteiger partial charge in [-0.05, 0) is 24.5 Å². The van der Waals surface area contributed by atoms with Gasteiger partial charge in [0.1, 0.15) is 0 Å². The molecule has 1 aliphatic carbocycles. The van der Waals surface area contributed by atoms with Crippen LogP contribution in [0.25, 0.3) is 0 Å².